The van der Waals surface area contributed by atoms with Crippen molar-refractivity contribution in [3.05, 3.63) is 35.7 Å². The monoisotopic (exact) mass is 290 g/mol. The van der Waals surface area contributed by atoms with E-state index in [1.54, 1.807) is 7.11 Å². The number of fused-ring (bicyclic) bond motifs is 1. The number of aromatic carboxylic acids is 1. The molecule has 0 bridgehead atoms. The third-order valence-electron chi connectivity index (χ3n) is 3.28. The number of aromatic nitrogens is 1. The molecule has 1 aromatic heterocycles. The van der Waals surface area contributed by atoms with Gasteiger partial charge in [-0.3, -0.25) is 0 Å². The molecule has 2 N–H and O–H groups in total. The van der Waals surface area contributed by atoms with E-state index in [9.17, 15) is 4.79 Å². The first-order valence-electron chi connectivity index (χ1n) is 6.43. The summed E-state index contributed by atoms with van der Waals surface area (Å²) in [5.74, 6) is 0.339. The number of carbonyl (C=O) groups is 1. The Hall–Kier alpha value is -2.70. The van der Waals surface area contributed by atoms with Crippen LogP contribution < -0.4 is 14.8 Å². The van der Waals surface area contributed by atoms with Gasteiger partial charge in [-0.2, -0.15) is 4.98 Å². The van der Waals surface area contributed by atoms with Crippen molar-refractivity contribution in [3.8, 4) is 11.5 Å². The van der Waals surface area contributed by atoms with Crippen LogP contribution in [0.2, 0.25) is 0 Å². The fraction of sp³-hybridized carbons (Fsp3) is 0.286. The van der Waals surface area contributed by atoms with Crippen LogP contribution in [0.3, 0.4) is 0 Å². The van der Waals surface area contributed by atoms with Gasteiger partial charge >= 0.3 is 5.97 Å². The molecule has 1 aliphatic heterocycles. The van der Waals surface area contributed by atoms with Crippen molar-refractivity contribution in [2.24, 2.45) is 0 Å². The molecule has 3 rings (SSSR count). The smallest absolute Gasteiger partial charge is 0.357 e. The highest BCUT2D eigenvalue weighted by Gasteiger charge is 2.23. The van der Waals surface area contributed by atoms with Gasteiger partial charge in [0.15, 0.2) is 5.69 Å². The Morgan fingerprint density at radius 2 is 2.38 bits per heavy atom. The molecule has 110 valence electrons. The minimum Gasteiger partial charge on any atom is -0.497 e. The van der Waals surface area contributed by atoms with Crippen molar-refractivity contribution in [1.29, 1.82) is 0 Å². The number of rotatable bonds is 4. The van der Waals surface area contributed by atoms with Gasteiger partial charge in [-0.05, 0) is 12.1 Å². The second kappa shape index (κ2) is 5.35. The second-order valence-corrected chi connectivity index (χ2v) is 4.58. The third kappa shape index (κ3) is 2.62. The molecule has 0 saturated carbocycles. The number of methoxy groups -OCH3 is 1. The molecule has 0 fully saturated rings. The van der Waals surface area contributed by atoms with Gasteiger partial charge < -0.3 is 24.3 Å². The quantitative estimate of drug-likeness (QED) is 0.892. The van der Waals surface area contributed by atoms with Gasteiger partial charge in [0, 0.05) is 18.1 Å². The van der Waals surface area contributed by atoms with E-state index < -0.39 is 5.97 Å². The molecule has 1 atom stereocenters. The number of ether oxygens (including phenoxy) is 2. The predicted molar refractivity (Wildman–Crippen MR) is 72.9 cm³/mol. The third-order valence-corrected chi connectivity index (χ3v) is 3.28. The Morgan fingerprint density at radius 1 is 1.52 bits per heavy atom. The van der Waals surface area contributed by atoms with Crippen molar-refractivity contribution in [2.75, 3.05) is 19.0 Å². The molecule has 1 unspecified atom stereocenters. The lowest BCUT2D eigenvalue weighted by Gasteiger charge is -2.26. The van der Waals surface area contributed by atoms with Gasteiger partial charge in [-0.25, -0.2) is 4.79 Å². The average Bonchev–Trinajstić information content (AvgIpc) is 2.96. The van der Waals surface area contributed by atoms with Crippen LogP contribution >= 0.6 is 0 Å². The van der Waals surface area contributed by atoms with Crippen LogP contribution in [0.15, 0.2) is 28.9 Å². The van der Waals surface area contributed by atoms with Gasteiger partial charge in [0.25, 0.3) is 6.01 Å². The molecular weight excluding hydrogens is 276 g/mol. The van der Waals surface area contributed by atoms with Crippen molar-refractivity contribution in [2.45, 2.75) is 12.5 Å². The topological polar surface area (TPSA) is 93.8 Å². The molecular formula is C14H14N2O5. The van der Waals surface area contributed by atoms with Crippen molar-refractivity contribution in [1.82, 2.24) is 4.98 Å². The molecule has 2 aromatic rings. The predicted octanol–water partition coefficient (Wildman–Crippen LogP) is 2.32. The summed E-state index contributed by atoms with van der Waals surface area (Å²) in [6.45, 7) is 0.546. The van der Waals surface area contributed by atoms with E-state index in [0.717, 1.165) is 29.7 Å². The zero-order valence-electron chi connectivity index (χ0n) is 11.3. The molecule has 0 amide bonds. The standard InChI is InChI=1S/C14H14N2O5/c1-19-8-2-3-9-10(4-5-20-12(9)6-8)15-14-16-11(7-21-14)13(17)18/h2-3,6-7,10H,4-5H2,1H3,(H,15,16)(H,17,18). The number of nitrogens with zero attached hydrogens (tertiary/aromatic N) is 1. The van der Waals surface area contributed by atoms with Crippen molar-refractivity contribution in [3.63, 3.8) is 0 Å². The number of anilines is 1. The van der Waals surface area contributed by atoms with E-state index >= 15 is 0 Å². The zero-order valence-corrected chi connectivity index (χ0v) is 11.3. The molecule has 0 spiro atoms. The maximum absolute atomic E-state index is 10.8. The van der Waals surface area contributed by atoms with Crippen molar-refractivity contribution < 1.29 is 23.8 Å². The number of nitrogens with one attached hydrogen (secondary N) is 1. The number of hydrogen-bond acceptors (Lipinski definition) is 6. The molecule has 1 aromatic carbocycles. The number of oxazole rings is 1. The summed E-state index contributed by atoms with van der Waals surface area (Å²) in [7, 11) is 1.60. The zero-order chi connectivity index (χ0) is 14.8. The number of carboxylic acid groups (broad SMARTS) is 1. The van der Waals surface area contributed by atoms with E-state index in [0.29, 0.717) is 6.61 Å². The maximum atomic E-state index is 10.8. The highest BCUT2D eigenvalue weighted by atomic mass is 16.5. The normalized spacial score (nSPS) is 16.7. The van der Waals surface area contributed by atoms with Crippen LogP contribution in [0.5, 0.6) is 11.5 Å². The first-order valence-corrected chi connectivity index (χ1v) is 6.43. The van der Waals surface area contributed by atoms with Gasteiger partial charge in [0.2, 0.25) is 0 Å². The minimum atomic E-state index is -1.12. The van der Waals surface area contributed by atoms with Gasteiger partial charge in [-0.15, -0.1) is 0 Å². The Kier molecular flexibility index (Phi) is 3.39. The van der Waals surface area contributed by atoms with Gasteiger partial charge in [0.05, 0.1) is 19.8 Å². The van der Waals surface area contributed by atoms with Gasteiger partial charge in [0.1, 0.15) is 17.8 Å². The lowest BCUT2D eigenvalue weighted by atomic mass is 10.0. The Balaban J connectivity index is 1.82. The van der Waals surface area contributed by atoms with E-state index in [4.69, 9.17) is 19.0 Å². The molecule has 0 saturated heterocycles. The highest BCUT2D eigenvalue weighted by Crippen LogP contribution is 2.36. The number of carboxylic acids is 1. The van der Waals surface area contributed by atoms with Crippen LogP contribution in [-0.4, -0.2) is 29.8 Å². The van der Waals surface area contributed by atoms with Crippen LogP contribution in [0, 0.1) is 0 Å². The molecule has 0 aliphatic carbocycles. The minimum absolute atomic E-state index is 0.0556. The number of hydrogen-bond donors (Lipinski definition) is 2. The molecule has 7 heteroatoms. The lowest BCUT2D eigenvalue weighted by molar-refractivity contribution is 0.0690. The second-order valence-electron chi connectivity index (χ2n) is 4.58. The van der Waals surface area contributed by atoms with E-state index in [2.05, 4.69) is 10.3 Å². The Labute approximate surface area is 120 Å². The summed E-state index contributed by atoms with van der Waals surface area (Å²) in [6, 6.07) is 5.70. The Morgan fingerprint density at radius 3 is 3.10 bits per heavy atom. The van der Waals surface area contributed by atoms with Crippen LogP contribution in [0.25, 0.3) is 0 Å². The number of benzene rings is 1. The van der Waals surface area contributed by atoms with Crippen LogP contribution in [0.1, 0.15) is 28.5 Å². The van der Waals surface area contributed by atoms with Gasteiger partial charge in [-0.1, -0.05) is 0 Å². The maximum Gasteiger partial charge on any atom is 0.357 e. The fourth-order valence-corrected chi connectivity index (χ4v) is 2.23. The first kappa shape index (κ1) is 13.3. The summed E-state index contributed by atoms with van der Waals surface area (Å²) in [5, 5.41) is 11.9. The highest BCUT2D eigenvalue weighted by molar-refractivity contribution is 5.85. The molecule has 1 aliphatic rings. The van der Waals surface area contributed by atoms with E-state index in [1.807, 2.05) is 18.2 Å². The molecule has 2 heterocycles. The summed E-state index contributed by atoms with van der Waals surface area (Å²) in [6.07, 6.45) is 1.84. The molecule has 21 heavy (non-hydrogen) atoms. The fourth-order valence-electron chi connectivity index (χ4n) is 2.23. The summed E-state index contributed by atoms with van der Waals surface area (Å²) < 4.78 is 15.9. The van der Waals surface area contributed by atoms with E-state index in [1.165, 1.54) is 0 Å². The van der Waals surface area contributed by atoms with E-state index in [-0.39, 0.29) is 17.8 Å². The summed E-state index contributed by atoms with van der Waals surface area (Å²) >= 11 is 0. The van der Waals surface area contributed by atoms with Crippen LogP contribution in [-0.2, 0) is 0 Å². The van der Waals surface area contributed by atoms with Crippen LogP contribution in [0.4, 0.5) is 6.01 Å². The van der Waals surface area contributed by atoms with Crippen molar-refractivity contribution >= 4 is 12.0 Å². The first-order chi connectivity index (χ1) is 10.2. The Bertz CT molecular complexity index is 667. The lowest BCUT2D eigenvalue weighted by Crippen LogP contribution is -2.20. The summed E-state index contributed by atoms with van der Waals surface area (Å²) in [5.41, 5.74) is 0.830. The summed E-state index contributed by atoms with van der Waals surface area (Å²) in [4.78, 5) is 14.7. The molecule has 0 radical (unpaired) electrons. The largest absolute Gasteiger partial charge is 0.497 e. The SMILES string of the molecule is COc1ccc2c(c1)OCCC2Nc1nc(C(=O)O)co1. The molecule has 7 nitrogen and oxygen atoms in total. The average molecular weight is 290 g/mol.